The van der Waals surface area contributed by atoms with Gasteiger partial charge in [0.2, 0.25) is 0 Å². The average Bonchev–Trinajstić information content (AvgIpc) is 2.39. The summed E-state index contributed by atoms with van der Waals surface area (Å²) in [4.78, 5) is 11.4. The Balaban J connectivity index is 2.61. The largest absolute Gasteiger partial charge is 0.493 e. The highest BCUT2D eigenvalue weighted by Crippen LogP contribution is 2.28. The van der Waals surface area contributed by atoms with Gasteiger partial charge >= 0.3 is 5.97 Å². The van der Waals surface area contributed by atoms with E-state index in [4.69, 9.17) is 15.2 Å². The minimum absolute atomic E-state index is 0.307. The summed E-state index contributed by atoms with van der Waals surface area (Å²) in [5.74, 6) is 0.845. The molecule has 5 nitrogen and oxygen atoms in total. The number of esters is 1. The van der Waals surface area contributed by atoms with Crippen molar-refractivity contribution in [3.63, 3.8) is 0 Å². The summed E-state index contributed by atoms with van der Waals surface area (Å²) in [5.41, 5.74) is 5.88. The number of carbonyl (C=O) groups is 1. The van der Waals surface area contributed by atoms with Crippen molar-refractivity contribution < 1.29 is 19.0 Å². The van der Waals surface area contributed by atoms with Gasteiger partial charge < -0.3 is 19.9 Å². The molecule has 1 rings (SSSR count). The van der Waals surface area contributed by atoms with E-state index >= 15 is 0 Å². The van der Waals surface area contributed by atoms with Crippen LogP contribution in [-0.4, -0.2) is 32.3 Å². The lowest BCUT2D eigenvalue weighted by Crippen LogP contribution is -2.46. The van der Waals surface area contributed by atoms with Crippen LogP contribution >= 0.6 is 0 Å². The van der Waals surface area contributed by atoms with E-state index in [1.807, 2.05) is 25.1 Å². The van der Waals surface area contributed by atoms with Crippen molar-refractivity contribution in [2.45, 2.75) is 25.8 Å². The second kappa shape index (κ2) is 6.43. The summed E-state index contributed by atoms with van der Waals surface area (Å²) in [7, 11) is 2.90. The first-order valence-electron chi connectivity index (χ1n) is 6.05. The zero-order chi connectivity index (χ0) is 14.5. The number of methoxy groups -OCH3 is 2. The number of ether oxygens (including phenoxy) is 3. The minimum Gasteiger partial charge on any atom is -0.493 e. The van der Waals surface area contributed by atoms with Gasteiger partial charge in [0.05, 0.1) is 20.8 Å². The van der Waals surface area contributed by atoms with E-state index < -0.39 is 11.5 Å². The second-order valence-corrected chi connectivity index (χ2v) is 4.66. The standard InChI is InChI=1S/C14H21NO4/c1-10-5-6-11(12(9-10)17-3)19-8-7-14(2,15)13(16)18-4/h5-6,9H,7-8,15H2,1-4H3. The van der Waals surface area contributed by atoms with E-state index in [1.54, 1.807) is 14.0 Å². The molecule has 0 fully saturated rings. The normalized spacial score (nSPS) is 13.5. The predicted molar refractivity (Wildman–Crippen MR) is 72.5 cm³/mol. The molecule has 1 unspecified atom stereocenters. The monoisotopic (exact) mass is 267 g/mol. The van der Waals surface area contributed by atoms with Crippen molar-refractivity contribution in [2.24, 2.45) is 5.73 Å². The van der Waals surface area contributed by atoms with Gasteiger partial charge in [-0.1, -0.05) is 6.07 Å². The molecule has 0 saturated heterocycles. The molecule has 5 heteroatoms. The van der Waals surface area contributed by atoms with Gasteiger partial charge in [0, 0.05) is 6.42 Å². The lowest BCUT2D eigenvalue weighted by atomic mass is 10.0. The lowest BCUT2D eigenvalue weighted by molar-refractivity contribution is -0.146. The highest BCUT2D eigenvalue weighted by Gasteiger charge is 2.29. The highest BCUT2D eigenvalue weighted by molar-refractivity contribution is 5.79. The Labute approximate surface area is 113 Å². The van der Waals surface area contributed by atoms with Crippen molar-refractivity contribution >= 4 is 5.97 Å². The van der Waals surface area contributed by atoms with Crippen molar-refractivity contribution in [3.05, 3.63) is 23.8 Å². The van der Waals surface area contributed by atoms with Gasteiger partial charge in [0.25, 0.3) is 0 Å². The van der Waals surface area contributed by atoms with E-state index in [1.165, 1.54) is 7.11 Å². The first-order valence-corrected chi connectivity index (χ1v) is 6.05. The number of aryl methyl sites for hydroxylation is 1. The van der Waals surface area contributed by atoms with E-state index in [0.717, 1.165) is 5.56 Å². The molecule has 19 heavy (non-hydrogen) atoms. The van der Waals surface area contributed by atoms with Crippen molar-refractivity contribution in [1.82, 2.24) is 0 Å². The molecule has 0 aliphatic carbocycles. The van der Waals surface area contributed by atoms with Crippen LogP contribution in [-0.2, 0) is 9.53 Å². The van der Waals surface area contributed by atoms with E-state index in [0.29, 0.717) is 24.5 Å². The Morgan fingerprint density at radius 3 is 2.58 bits per heavy atom. The molecule has 1 aromatic rings. The Bertz CT molecular complexity index is 443. The quantitative estimate of drug-likeness (QED) is 0.794. The third kappa shape index (κ3) is 4.13. The third-order valence-electron chi connectivity index (χ3n) is 2.85. The Morgan fingerprint density at radius 1 is 1.32 bits per heavy atom. The summed E-state index contributed by atoms with van der Waals surface area (Å²) in [6, 6.07) is 5.65. The van der Waals surface area contributed by atoms with Crippen LogP contribution in [0, 0.1) is 6.92 Å². The topological polar surface area (TPSA) is 70.8 Å². The Kier molecular flexibility index (Phi) is 5.18. The van der Waals surface area contributed by atoms with Gasteiger partial charge in [-0.15, -0.1) is 0 Å². The fourth-order valence-corrected chi connectivity index (χ4v) is 1.60. The second-order valence-electron chi connectivity index (χ2n) is 4.66. The number of carbonyl (C=O) groups excluding carboxylic acids is 1. The van der Waals surface area contributed by atoms with E-state index in [2.05, 4.69) is 4.74 Å². The molecule has 0 saturated carbocycles. The first kappa shape index (κ1) is 15.3. The highest BCUT2D eigenvalue weighted by atomic mass is 16.5. The first-order chi connectivity index (χ1) is 8.90. The van der Waals surface area contributed by atoms with E-state index in [9.17, 15) is 4.79 Å². The molecule has 0 heterocycles. The molecule has 1 atom stereocenters. The van der Waals surface area contributed by atoms with Gasteiger partial charge in [0.1, 0.15) is 5.54 Å². The number of rotatable bonds is 6. The molecule has 0 aromatic heterocycles. The van der Waals surface area contributed by atoms with Crippen molar-refractivity contribution in [1.29, 1.82) is 0 Å². The van der Waals surface area contributed by atoms with Crippen LogP contribution in [0.25, 0.3) is 0 Å². The number of hydrogen-bond acceptors (Lipinski definition) is 5. The SMILES string of the molecule is COC(=O)C(C)(N)CCOc1ccc(C)cc1OC. The zero-order valence-electron chi connectivity index (χ0n) is 11.9. The molecule has 0 aliphatic heterocycles. The minimum atomic E-state index is -1.05. The van der Waals surface area contributed by atoms with E-state index in [-0.39, 0.29) is 0 Å². The van der Waals surface area contributed by atoms with Crippen LogP contribution in [0.3, 0.4) is 0 Å². The molecule has 0 bridgehead atoms. The number of nitrogens with two attached hydrogens (primary N) is 1. The third-order valence-corrected chi connectivity index (χ3v) is 2.85. The van der Waals surface area contributed by atoms with Gasteiger partial charge in [-0.2, -0.15) is 0 Å². The van der Waals surface area contributed by atoms with Gasteiger partial charge in [-0.05, 0) is 31.5 Å². The van der Waals surface area contributed by atoms with Crippen LogP contribution in [0.15, 0.2) is 18.2 Å². The fourth-order valence-electron chi connectivity index (χ4n) is 1.60. The van der Waals surface area contributed by atoms with Crippen LogP contribution in [0.5, 0.6) is 11.5 Å². The fraction of sp³-hybridized carbons (Fsp3) is 0.500. The number of benzene rings is 1. The molecule has 0 aliphatic rings. The summed E-state index contributed by atoms with van der Waals surface area (Å²) in [6.45, 7) is 3.90. The lowest BCUT2D eigenvalue weighted by Gasteiger charge is -2.21. The number of hydrogen-bond donors (Lipinski definition) is 1. The summed E-state index contributed by atoms with van der Waals surface area (Å²) >= 11 is 0. The molecular formula is C14H21NO4. The van der Waals surface area contributed by atoms with Gasteiger partial charge in [0.15, 0.2) is 11.5 Å². The average molecular weight is 267 g/mol. The zero-order valence-corrected chi connectivity index (χ0v) is 11.9. The smallest absolute Gasteiger partial charge is 0.325 e. The maximum atomic E-state index is 11.4. The maximum absolute atomic E-state index is 11.4. The van der Waals surface area contributed by atoms with Crippen LogP contribution < -0.4 is 15.2 Å². The van der Waals surface area contributed by atoms with Gasteiger partial charge in [-0.25, -0.2) is 0 Å². The summed E-state index contributed by atoms with van der Waals surface area (Å²) in [5, 5.41) is 0. The molecule has 1 aromatic carbocycles. The predicted octanol–water partition coefficient (Wildman–Crippen LogP) is 1.66. The van der Waals surface area contributed by atoms with Crippen LogP contribution in [0.1, 0.15) is 18.9 Å². The molecule has 106 valence electrons. The summed E-state index contributed by atoms with van der Waals surface area (Å²) in [6.07, 6.45) is 0.358. The van der Waals surface area contributed by atoms with Crippen molar-refractivity contribution in [2.75, 3.05) is 20.8 Å². The van der Waals surface area contributed by atoms with Crippen molar-refractivity contribution in [3.8, 4) is 11.5 Å². The molecule has 2 N–H and O–H groups in total. The van der Waals surface area contributed by atoms with Crippen LogP contribution in [0.4, 0.5) is 0 Å². The molecule has 0 spiro atoms. The Morgan fingerprint density at radius 2 is 2.00 bits per heavy atom. The van der Waals surface area contributed by atoms with Crippen LogP contribution in [0.2, 0.25) is 0 Å². The molecule has 0 radical (unpaired) electrons. The van der Waals surface area contributed by atoms with Gasteiger partial charge in [-0.3, -0.25) is 4.79 Å². The summed E-state index contributed by atoms with van der Waals surface area (Å²) < 4.78 is 15.5. The molecular weight excluding hydrogens is 246 g/mol. The Hall–Kier alpha value is -1.75. The maximum Gasteiger partial charge on any atom is 0.325 e. The molecule has 0 amide bonds.